The van der Waals surface area contributed by atoms with Crippen molar-refractivity contribution < 1.29 is 9.59 Å². The van der Waals surface area contributed by atoms with Crippen LogP contribution in [0.1, 0.15) is 80.2 Å². The molecule has 0 atom stereocenters. The van der Waals surface area contributed by atoms with Gasteiger partial charge < -0.3 is 15.1 Å². The van der Waals surface area contributed by atoms with Crippen molar-refractivity contribution in [2.75, 3.05) is 38.0 Å². The highest BCUT2D eigenvalue weighted by Crippen LogP contribution is 2.37. The molecule has 0 radical (unpaired) electrons. The van der Waals surface area contributed by atoms with Crippen molar-refractivity contribution in [1.82, 2.24) is 9.80 Å². The molecule has 1 aromatic heterocycles. The Bertz CT molecular complexity index is 843. The Morgan fingerprint density at radius 2 is 1.66 bits per heavy atom. The van der Waals surface area contributed by atoms with Crippen molar-refractivity contribution in [2.45, 2.75) is 77.0 Å². The topological polar surface area (TPSA) is 76.4 Å². The lowest BCUT2D eigenvalue weighted by molar-refractivity contribution is -0.137. The zero-order chi connectivity index (χ0) is 22.3. The number of nitrogens with zero attached hydrogens (tertiary/aromatic N) is 3. The van der Waals surface area contributed by atoms with Crippen LogP contribution in [0.2, 0.25) is 0 Å². The van der Waals surface area contributed by atoms with Gasteiger partial charge in [0.25, 0.3) is 0 Å². The maximum Gasteiger partial charge on any atom is 0.226 e. The summed E-state index contributed by atoms with van der Waals surface area (Å²) in [5.41, 5.74) is 1.86. The van der Waals surface area contributed by atoms with Gasteiger partial charge in [0.1, 0.15) is 11.1 Å². The minimum atomic E-state index is -0.0133. The lowest BCUT2D eigenvalue weighted by Gasteiger charge is -2.33. The highest BCUT2D eigenvalue weighted by atomic mass is 32.1. The van der Waals surface area contributed by atoms with Crippen molar-refractivity contribution in [1.29, 1.82) is 5.26 Å². The summed E-state index contributed by atoms with van der Waals surface area (Å²) in [6, 6.07) is 2.34. The van der Waals surface area contributed by atoms with Gasteiger partial charge in [0.2, 0.25) is 11.8 Å². The van der Waals surface area contributed by atoms with Crippen molar-refractivity contribution in [3.05, 3.63) is 16.0 Å². The van der Waals surface area contributed by atoms with E-state index in [4.69, 9.17) is 0 Å². The summed E-state index contributed by atoms with van der Waals surface area (Å²) in [4.78, 5) is 31.2. The molecule has 3 aliphatic rings. The lowest BCUT2D eigenvalue weighted by Crippen LogP contribution is -2.43. The molecule has 0 saturated carbocycles. The van der Waals surface area contributed by atoms with Crippen LogP contribution in [0, 0.1) is 17.2 Å². The highest BCUT2D eigenvalue weighted by Gasteiger charge is 2.29. The number of nitrogens with one attached hydrogen (secondary N) is 1. The van der Waals surface area contributed by atoms with Gasteiger partial charge in [-0.05, 0) is 70.0 Å². The van der Waals surface area contributed by atoms with E-state index in [9.17, 15) is 14.9 Å². The van der Waals surface area contributed by atoms with Crippen LogP contribution in [-0.4, -0.2) is 54.3 Å². The average Bonchev–Trinajstić information content (AvgIpc) is 3.03. The van der Waals surface area contributed by atoms with Gasteiger partial charge in [0.05, 0.1) is 5.56 Å². The van der Waals surface area contributed by atoms with E-state index < -0.39 is 0 Å². The first-order chi connectivity index (χ1) is 15.7. The van der Waals surface area contributed by atoms with Gasteiger partial charge in [-0.15, -0.1) is 11.3 Å². The summed E-state index contributed by atoms with van der Waals surface area (Å²) in [5.74, 6) is 0.490. The van der Waals surface area contributed by atoms with Crippen LogP contribution in [0.25, 0.3) is 0 Å². The monoisotopic (exact) mass is 456 g/mol. The number of thiophene rings is 1. The number of rotatable bonds is 5. The highest BCUT2D eigenvalue weighted by molar-refractivity contribution is 7.16. The molecule has 2 saturated heterocycles. The maximum absolute atomic E-state index is 12.9. The molecular formula is C25H36N4O2S. The standard InChI is InChI=1S/C25H36N4O2S/c26-18-21-20-8-4-3-5-9-22(20)32-24(21)27-23(30)12-17-28-15-10-19(11-16-28)25(31)29-13-6-1-2-7-14-29/h19H,1-17H2,(H,27,30). The summed E-state index contributed by atoms with van der Waals surface area (Å²) in [6.45, 7) is 4.33. The largest absolute Gasteiger partial charge is 0.342 e. The zero-order valence-electron chi connectivity index (χ0n) is 19.2. The zero-order valence-corrected chi connectivity index (χ0v) is 20.0. The van der Waals surface area contributed by atoms with E-state index >= 15 is 0 Å². The molecule has 1 aliphatic carbocycles. The molecule has 1 aromatic rings. The van der Waals surface area contributed by atoms with Gasteiger partial charge in [0, 0.05) is 36.9 Å². The second kappa shape index (κ2) is 11.3. The van der Waals surface area contributed by atoms with E-state index in [0.29, 0.717) is 24.4 Å². The van der Waals surface area contributed by atoms with Crippen LogP contribution in [0.4, 0.5) is 5.00 Å². The molecule has 0 aromatic carbocycles. The molecule has 3 heterocycles. The molecule has 2 aliphatic heterocycles. The number of anilines is 1. The number of amides is 2. The lowest BCUT2D eigenvalue weighted by atomic mass is 9.95. The summed E-state index contributed by atoms with van der Waals surface area (Å²) in [6.07, 6.45) is 12.5. The number of fused-ring (bicyclic) bond motifs is 1. The second-order valence-corrected chi connectivity index (χ2v) is 10.6. The number of nitriles is 1. The van der Waals surface area contributed by atoms with Crippen LogP contribution < -0.4 is 5.32 Å². The Balaban J connectivity index is 1.23. The Morgan fingerprint density at radius 1 is 0.969 bits per heavy atom. The third-order valence-corrected chi connectivity index (χ3v) is 8.50. The predicted octanol–water partition coefficient (Wildman–Crippen LogP) is 4.33. The minimum Gasteiger partial charge on any atom is -0.342 e. The third kappa shape index (κ3) is 5.71. The molecule has 4 rings (SSSR count). The molecule has 0 spiro atoms. The number of likely N-dealkylation sites (tertiary alicyclic amines) is 2. The Morgan fingerprint density at radius 3 is 2.38 bits per heavy atom. The SMILES string of the molecule is N#Cc1c(NC(=O)CCN2CCC(C(=O)N3CCCCCC3)CC2)sc2c1CCCCC2. The Hall–Kier alpha value is -1.91. The van der Waals surface area contributed by atoms with Crippen molar-refractivity contribution in [2.24, 2.45) is 5.92 Å². The molecule has 174 valence electrons. The van der Waals surface area contributed by atoms with E-state index in [-0.39, 0.29) is 11.8 Å². The minimum absolute atomic E-state index is 0.0133. The summed E-state index contributed by atoms with van der Waals surface area (Å²) < 4.78 is 0. The predicted molar refractivity (Wildman–Crippen MR) is 128 cm³/mol. The van der Waals surface area contributed by atoms with Gasteiger partial charge >= 0.3 is 0 Å². The maximum atomic E-state index is 12.9. The molecule has 0 unspecified atom stereocenters. The van der Waals surface area contributed by atoms with Gasteiger partial charge in [0.15, 0.2) is 0 Å². The van der Waals surface area contributed by atoms with Gasteiger partial charge in [-0.2, -0.15) is 5.26 Å². The summed E-state index contributed by atoms with van der Waals surface area (Å²) >= 11 is 1.60. The normalized spacial score (nSPS) is 20.7. The number of piperidine rings is 1. The van der Waals surface area contributed by atoms with Crippen molar-refractivity contribution in [3.63, 3.8) is 0 Å². The van der Waals surface area contributed by atoms with Crippen LogP contribution in [-0.2, 0) is 22.4 Å². The van der Waals surface area contributed by atoms with Crippen LogP contribution in [0.5, 0.6) is 0 Å². The Kier molecular flexibility index (Phi) is 8.20. The fourth-order valence-corrected chi connectivity index (χ4v) is 6.61. The van der Waals surface area contributed by atoms with Crippen molar-refractivity contribution in [3.8, 4) is 6.07 Å². The molecule has 32 heavy (non-hydrogen) atoms. The molecular weight excluding hydrogens is 420 g/mol. The molecule has 1 N–H and O–H groups in total. The Labute approximate surface area is 196 Å². The molecule has 2 amide bonds. The third-order valence-electron chi connectivity index (χ3n) is 7.30. The number of carbonyl (C=O) groups is 2. The first kappa shape index (κ1) is 23.3. The fourth-order valence-electron chi connectivity index (χ4n) is 5.35. The van der Waals surface area contributed by atoms with Gasteiger partial charge in [-0.3, -0.25) is 9.59 Å². The number of hydrogen-bond acceptors (Lipinski definition) is 5. The second-order valence-electron chi connectivity index (χ2n) is 9.53. The molecule has 2 fully saturated rings. The van der Waals surface area contributed by atoms with E-state index in [1.165, 1.54) is 36.1 Å². The fraction of sp³-hybridized carbons (Fsp3) is 0.720. The number of aryl methyl sites for hydroxylation is 1. The smallest absolute Gasteiger partial charge is 0.226 e. The van der Waals surface area contributed by atoms with Crippen LogP contribution in [0.15, 0.2) is 0 Å². The summed E-state index contributed by atoms with van der Waals surface area (Å²) in [5, 5.41) is 13.4. The molecule has 6 nitrogen and oxygen atoms in total. The van der Waals surface area contributed by atoms with E-state index in [1.54, 1.807) is 11.3 Å². The van der Waals surface area contributed by atoms with E-state index in [1.807, 2.05) is 0 Å². The first-order valence-electron chi connectivity index (χ1n) is 12.5. The number of hydrogen-bond donors (Lipinski definition) is 1. The van der Waals surface area contributed by atoms with E-state index in [2.05, 4.69) is 21.2 Å². The average molecular weight is 457 g/mol. The molecule has 7 heteroatoms. The molecule has 0 bridgehead atoms. The quantitative estimate of drug-likeness (QED) is 0.669. The van der Waals surface area contributed by atoms with Crippen molar-refractivity contribution >= 4 is 28.2 Å². The van der Waals surface area contributed by atoms with Crippen LogP contribution in [0.3, 0.4) is 0 Å². The number of carbonyl (C=O) groups excluding carboxylic acids is 2. The summed E-state index contributed by atoms with van der Waals surface area (Å²) in [7, 11) is 0. The first-order valence-corrected chi connectivity index (χ1v) is 13.3. The van der Waals surface area contributed by atoms with Crippen LogP contribution >= 0.6 is 11.3 Å². The van der Waals surface area contributed by atoms with Gasteiger partial charge in [-0.1, -0.05) is 19.3 Å². The van der Waals surface area contributed by atoms with E-state index in [0.717, 1.165) is 76.1 Å². The van der Waals surface area contributed by atoms with Gasteiger partial charge in [-0.25, -0.2) is 0 Å².